The van der Waals surface area contributed by atoms with Gasteiger partial charge < -0.3 is 20.7 Å². The molecule has 3 N–H and O–H groups in total. The second-order valence-electron chi connectivity index (χ2n) is 5.40. The topological polar surface area (TPSA) is 90.9 Å². The van der Waals surface area contributed by atoms with Gasteiger partial charge in [0.25, 0.3) is 0 Å². The molecule has 0 saturated carbocycles. The van der Waals surface area contributed by atoms with Crippen LogP contribution in [0.4, 0.5) is 5.82 Å². The van der Waals surface area contributed by atoms with Crippen LogP contribution in [0.1, 0.15) is 19.4 Å². The molecule has 7 heteroatoms. The second-order valence-corrected chi connectivity index (χ2v) is 5.40. The predicted octanol–water partition coefficient (Wildman–Crippen LogP) is 0.595. The van der Waals surface area contributed by atoms with E-state index in [2.05, 4.69) is 39.0 Å². The molecule has 0 saturated heterocycles. The van der Waals surface area contributed by atoms with Crippen LogP contribution in [0.5, 0.6) is 0 Å². The quantitative estimate of drug-likeness (QED) is 0.329. The summed E-state index contributed by atoms with van der Waals surface area (Å²) in [5.41, 5.74) is 6.31. The predicted molar refractivity (Wildman–Crippen MR) is 80.1 cm³/mol. The summed E-state index contributed by atoms with van der Waals surface area (Å²) in [6, 6.07) is 1.71. The summed E-state index contributed by atoms with van der Waals surface area (Å²) in [5, 5.41) is 20.0. The first-order chi connectivity index (χ1) is 9.45. The number of amidine groups is 1. The van der Waals surface area contributed by atoms with Gasteiger partial charge >= 0.3 is 0 Å². The molecular formula is C13H24N6O. The Kier molecular flexibility index (Phi) is 6.17. The molecule has 7 nitrogen and oxygen atoms in total. The molecule has 0 aliphatic carbocycles. The van der Waals surface area contributed by atoms with E-state index in [1.54, 1.807) is 6.07 Å². The third-order valence-electron chi connectivity index (χ3n) is 2.79. The minimum atomic E-state index is 0.0495. The minimum absolute atomic E-state index is 0.0495. The van der Waals surface area contributed by atoms with Crippen LogP contribution in [0.2, 0.25) is 0 Å². The van der Waals surface area contributed by atoms with E-state index < -0.39 is 0 Å². The number of hydrogen-bond acceptors (Lipinski definition) is 6. The lowest BCUT2D eigenvalue weighted by molar-refractivity contribution is 0.318. The third-order valence-corrected chi connectivity index (χ3v) is 2.79. The highest BCUT2D eigenvalue weighted by molar-refractivity contribution is 6.01. The molecule has 0 amide bonds. The smallest absolute Gasteiger partial charge is 0.173 e. The summed E-state index contributed by atoms with van der Waals surface area (Å²) >= 11 is 0. The van der Waals surface area contributed by atoms with Crippen LogP contribution in [-0.4, -0.2) is 59.9 Å². The summed E-state index contributed by atoms with van der Waals surface area (Å²) in [6.45, 7) is 6.80. The number of hydrogen-bond donors (Lipinski definition) is 2. The molecule has 0 radical (unpaired) electrons. The van der Waals surface area contributed by atoms with Crippen molar-refractivity contribution in [3.63, 3.8) is 0 Å². The Hall–Kier alpha value is -1.89. The first kappa shape index (κ1) is 16.2. The Labute approximate surface area is 120 Å². The van der Waals surface area contributed by atoms with Crippen LogP contribution in [0.15, 0.2) is 17.4 Å². The lowest BCUT2D eigenvalue weighted by Crippen LogP contribution is -2.36. The maximum absolute atomic E-state index is 8.88. The van der Waals surface area contributed by atoms with Crippen LogP contribution in [-0.2, 0) is 0 Å². The third kappa shape index (κ3) is 4.65. The van der Waals surface area contributed by atoms with Crippen molar-refractivity contribution < 1.29 is 5.21 Å². The van der Waals surface area contributed by atoms with Gasteiger partial charge in [-0.3, -0.25) is 0 Å². The Bertz CT molecular complexity index is 446. The number of nitrogens with two attached hydrogens (primary N) is 1. The zero-order chi connectivity index (χ0) is 15.1. The Morgan fingerprint density at radius 3 is 2.65 bits per heavy atom. The summed E-state index contributed by atoms with van der Waals surface area (Å²) < 4.78 is 0. The van der Waals surface area contributed by atoms with Crippen molar-refractivity contribution in [3.05, 3.63) is 17.8 Å². The van der Waals surface area contributed by atoms with Crippen molar-refractivity contribution in [2.45, 2.75) is 13.8 Å². The van der Waals surface area contributed by atoms with E-state index in [9.17, 15) is 0 Å². The lowest BCUT2D eigenvalue weighted by Gasteiger charge is -2.28. The minimum Gasteiger partial charge on any atom is -0.409 e. The number of likely N-dealkylation sites (N-methyl/N-ethyl adjacent to an activating group) is 1. The van der Waals surface area contributed by atoms with Gasteiger partial charge in [-0.15, -0.1) is 5.10 Å². The van der Waals surface area contributed by atoms with Gasteiger partial charge in [-0.25, -0.2) is 0 Å². The number of rotatable bonds is 7. The molecular weight excluding hydrogens is 256 g/mol. The fourth-order valence-electron chi connectivity index (χ4n) is 1.86. The molecule has 112 valence electrons. The number of aromatic nitrogens is 2. The normalized spacial score (nSPS) is 12.2. The van der Waals surface area contributed by atoms with Gasteiger partial charge in [0.15, 0.2) is 11.7 Å². The lowest BCUT2D eigenvalue weighted by atomic mass is 10.1. The highest BCUT2D eigenvalue weighted by Crippen LogP contribution is 2.17. The summed E-state index contributed by atoms with van der Waals surface area (Å²) in [5.74, 6) is 1.17. The van der Waals surface area contributed by atoms with Crippen molar-refractivity contribution in [2.24, 2.45) is 16.8 Å². The van der Waals surface area contributed by atoms with Crippen LogP contribution >= 0.6 is 0 Å². The molecule has 0 aliphatic rings. The van der Waals surface area contributed by atoms with E-state index >= 15 is 0 Å². The van der Waals surface area contributed by atoms with Crippen molar-refractivity contribution >= 4 is 11.7 Å². The fraction of sp³-hybridized carbons (Fsp3) is 0.615. The molecule has 0 aromatic carbocycles. The van der Waals surface area contributed by atoms with E-state index in [0.717, 1.165) is 19.6 Å². The largest absolute Gasteiger partial charge is 0.409 e. The molecule has 1 aromatic heterocycles. The average molecular weight is 280 g/mol. The Balaban J connectivity index is 3.06. The fourth-order valence-corrected chi connectivity index (χ4v) is 1.86. The maximum atomic E-state index is 8.88. The number of anilines is 1. The molecule has 1 rings (SSSR count). The van der Waals surface area contributed by atoms with Crippen LogP contribution in [0.3, 0.4) is 0 Å². The van der Waals surface area contributed by atoms with Crippen molar-refractivity contribution in [1.82, 2.24) is 15.1 Å². The SMILES string of the molecule is CC(C)CN(CCN(C)C)c1nnccc1/C(N)=N/O. The number of oxime groups is 1. The molecule has 0 bridgehead atoms. The summed E-state index contributed by atoms with van der Waals surface area (Å²) in [4.78, 5) is 4.22. The Morgan fingerprint density at radius 1 is 1.40 bits per heavy atom. The maximum Gasteiger partial charge on any atom is 0.173 e. The highest BCUT2D eigenvalue weighted by Gasteiger charge is 2.17. The molecule has 1 heterocycles. The second kappa shape index (κ2) is 7.64. The zero-order valence-electron chi connectivity index (χ0n) is 12.6. The molecule has 0 spiro atoms. The molecule has 20 heavy (non-hydrogen) atoms. The van der Waals surface area contributed by atoms with E-state index in [0.29, 0.717) is 17.3 Å². The van der Waals surface area contributed by atoms with Crippen molar-refractivity contribution in [3.8, 4) is 0 Å². The van der Waals surface area contributed by atoms with Crippen LogP contribution in [0.25, 0.3) is 0 Å². The summed E-state index contributed by atoms with van der Waals surface area (Å²) in [6.07, 6.45) is 1.54. The van der Waals surface area contributed by atoms with E-state index in [-0.39, 0.29) is 5.84 Å². The molecule has 0 aliphatic heterocycles. The van der Waals surface area contributed by atoms with Gasteiger partial charge in [-0.1, -0.05) is 19.0 Å². The van der Waals surface area contributed by atoms with Gasteiger partial charge in [0.1, 0.15) is 0 Å². The van der Waals surface area contributed by atoms with E-state index in [1.807, 2.05) is 14.1 Å². The first-order valence-electron chi connectivity index (χ1n) is 6.65. The van der Waals surface area contributed by atoms with Crippen molar-refractivity contribution in [1.29, 1.82) is 0 Å². The number of nitrogens with zero attached hydrogens (tertiary/aromatic N) is 5. The Morgan fingerprint density at radius 2 is 2.10 bits per heavy atom. The summed E-state index contributed by atoms with van der Waals surface area (Å²) in [7, 11) is 4.04. The first-order valence-corrected chi connectivity index (χ1v) is 6.65. The molecule has 0 atom stereocenters. The van der Waals surface area contributed by atoms with Gasteiger partial charge in [0.2, 0.25) is 0 Å². The highest BCUT2D eigenvalue weighted by atomic mass is 16.4. The zero-order valence-corrected chi connectivity index (χ0v) is 12.6. The van der Waals surface area contributed by atoms with Crippen LogP contribution < -0.4 is 10.6 Å². The van der Waals surface area contributed by atoms with Gasteiger partial charge in [0.05, 0.1) is 11.8 Å². The average Bonchev–Trinajstić information content (AvgIpc) is 2.42. The monoisotopic (exact) mass is 280 g/mol. The standard InChI is InChI=1S/C13H24N6O/c1-10(2)9-19(8-7-18(3)4)13-11(12(14)17-20)5-6-15-16-13/h5-6,10,20H,7-9H2,1-4H3,(H2,14,17). The van der Waals surface area contributed by atoms with Gasteiger partial charge in [-0.05, 0) is 26.1 Å². The molecule has 0 unspecified atom stereocenters. The van der Waals surface area contributed by atoms with Crippen LogP contribution in [0, 0.1) is 5.92 Å². The van der Waals surface area contributed by atoms with Gasteiger partial charge in [0, 0.05) is 19.6 Å². The van der Waals surface area contributed by atoms with Gasteiger partial charge in [-0.2, -0.15) is 5.10 Å². The van der Waals surface area contributed by atoms with E-state index in [4.69, 9.17) is 10.9 Å². The molecule has 0 fully saturated rings. The van der Waals surface area contributed by atoms with Crippen molar-refractivity contribution in [2.75, 3.05) is 38.6 Å². The molecule has 1 aromatic rings. The van der Waals surface area contributed by atoms with E-state index in [1.165, 1.54) is 6.20 Å².